The van der Waals surface area contributed by atoms with Crippen LogP contribution in [0.15, 0.2) is 41.1 Å². The molecule has 2 unspecified atom stereocenters. The minimum Gasteiger partial charge on any atom is -0.508 e. The number of aromatic hydroxyl groups is 1. The third-order valence-electron chi connectivity index (χ3n) is 5.28. The Bertz CT molecular complexity index is 1030. The molecule has 1 aromatic heterocycles. The summed E-state index contributed by atoms with van der Waals surface area (Å²) in [5.41, 5.74) is 7.42. The highest BCUT2D eigenvalue weighted by molar-refractivity contribution is 7.97. The van der Waals surface area contributed by atoms with Crippen LogP contribution in [-0.4, -0.2) is 39.8 Å². The Morgan fingerprint density at radius 2 is 2.30 bits per heavy atom. The van der Waals surface area contributed by atoms with Crippen molar-refractivity contribution in [2.75, 3.05) is 29.9 Å². The van der Waals surface area contributed by atoms with Gasteiger partial charge >= 0.3 is 0 Å². The summed E-state index contributed by atoms with van der Waals surface area (Å²) in [6, 6.07) is 5.03. The molecule has 4 rings (SSSR count). The molecule has 2 aliphatic rings. The molecular weight excluding hydrogens is 420 g/mol. The van der Waals surface area contributed by atoms with Crippen molar-refractivity contribution in [1.82, 2.24) is 4.98 Å². The van der Waals surface area contributed by atoms with Gasteiger partial charge in [0.2, 0.25) is 0 Å². The number of nitrogens with one attached hydrogen (secondary N) is 1. The van der Waals surface area contributed by atoms with Gasteiger partial charge in [-0.05, 0) is 49.9 Å². The summed E-state index contributed by atoms with van der Waals surface area (Å²) >= 11 is 1.29. The number of thiazole rings is 1. The van der Waals surface area contributed by atoms with Crippen LogP contribution in [0, 0.1) is 5.92 Å². The quantitative estimate of drug-likeness (QED) is 0.631. The number of allylic oxidation sites excluding steroid dienone is 2. The van der Waals surface area contributed by atoms with Gasteiger partial charge in [-0.15, -0.1) is 11.3 Å². The number of carbonyl (C=O) groups excluding carboxylic acids is 1. The van der Waals surface area contributed by atoms with Crippen LogP contribution in [0.25, 0.3) is 4.91 Å². The molecular formula is C21H24N4O3S2. The van der Waals surface area contributed by atoms with Gasteiger partial charge in [0.25, 0.3) is 5.91 Å². The van der Waals surface area contributed by atoms with E-state index in [1.54, 1.807) is 35.1 Å². The first kappa shape index (κ1) is 20.8. The number of hydrogen-bond acceptors (Lipinski definition) is 7. The van der Waals surface area contributed by atoms with E-state index in [2.05, 4.69) is 15.2 Å². The van der Waals surface area contributed by atoms with Crippen LogP contribution in [0.2, 0.25) is 0 Å². The number of rotatable bonds is 6. The fourth-order valence-electron chi connectivity index (χ4n) is 3.83. The second-order valence-electron chi connectivity index (χ2n) is 7.38. The molecule has 3 heterocycles. The van der Waals surface area contributed by atoms with Crippen LogP contribution in [-0.2, 0) is 10.8 Å². The van der Waals surface area contributed by atoms with Gasteiger partial charge in [-0.1, -0.05) is 6.08 Å². The molecule has 9 heteroatoms. The maximum atomic E-state index is 12.8. The molecule has 2 atom stereocenters. The highest BCUT2D eigenvalue weighted by Crippen LogP contribution is 2.34. The Labute approximate surface area is 181 Å². The number of nitrogens with two attached hydrogens (primary N) is 1. The maximum Gasteiger partial charge on any atom is 0.275 e. The molecule has 2 aromatic rings. The highest BCUT2D eigenvalue weighted by atomic mass is 32.2. The third kappa shape index (κ3) is 4.48. The molecule has 7 nitrogen and oxygen atoms in total. The number of amides is 1. The summed E-state index contributed by atoms with van der Waals surface area (Å²) in [5, 5.41) is 16.7. The van der Waals surface area contributed by atoms with E-state index in [1.807, 2.05) is 6.07 Å². The Kier molecular flexibility index (Phi) is 6.31. The molecule has 4 N–H and O–H groups in total. The second kappa shape index (κ2) is 9.11. The van der Waals surface area contributed by atoms with Gasteiger partial charge in [0.05, 0.1) is 27.1 Å². The Hall–Kier alpha value is -2.49. The van der Waals surface area contributed by atoms with E-state index < -0.39 is 10.8 Å². The zero-order valence-corrected chi connectivity index (χ0v) is 18.0. The lowest BCUT2D eigenvalue weighted by Gasteiger charge is -2.35. The number of benzene rings is 1. The first-order chi connectivity index (χ1) is 14.5. The summed E-state index contributed by atoms with van der Waals surface area (Å²) in [6.07, 6.45) is 6.67. The first-order valence-electron chi connectivity index (χ1n) is 9.89. The molecule has 1 fully saturated rings. The van der Waals surface area contributed by atoms with E-state index >= 15 is 0 Å². The van der Waals surface area contributed by atoms with E-state index in [9.17, 15) is 14.1 Å². The minimum atomic E-state index is -1.22. The summed E-state index contributed by atoms with van der Waals surface area (Å²) < 4.78 is 12.0. The van der Waals surface area contributed by atoms with Crippen molar-refractivity contribution in [3.05, 3.63) is 51.8 Å². The van der Waals surface area contributed by atoms with Crippen molar-refractivity contribution in [2.45, 2.75) is 19.3 Å². The van der Waals surface area contributed by atoms with Gasteiger partial charge in [-0.2, -0.15) is 0 Å². The monoisotopic (exact) mass is 444 g/mol. The fraction of sp³-hybridized carbons (Fsp3) is 0.333. The zero-order valence-electron chi connectivity index (χ0n) is 16.4. The standard InChI is InChI=1S/C21H24N4O3S2/c22-8-7-14-3-1-9-25(12-14)18-6-5-15(26)11-16(18)23-20(27)17-13-29-21(24-17)19-4-2-10-30(19)28/h2,4-6,10-11,13-14,26H,1,3,7-9,12,22H2,(H,23,27). The van der Waals surface area contributed by atoms with E-state index in [-0.39, 0.29) is 17.4 Å². The lowest BCUT2D eigenvalue weighted by Crippen LogP contribution is -2.36. The number of phenolic OH excluding ortho intramolecular Hbond substituents is 1. The predicted octanol–water partition coefficient (Wildman–Crippen LogP) is 3.28. The number of hydrogen-bond donors (Lipinski definition) is 3. The average Bonchev–Trinajstić information content (AvgIpc) is 3.37. The zero-order chi connectivity index (χ0) is 21.1. The van der Waals surface area contributed by atoms with Gasteiger partial charge in [-0.25, -0.2) is 9.19 Å². The first-order valence-corrected chi connectivity index (χ1v) is 12.0. The van der Waals surface area contributed by atoms with Gasteiger partial charge in [-0.3, -0.25) is 4.79 Å². The summed E-state index contributed by atoms with van der Waals surface area (Å²) in [5.74, 6) is 0.245. The molecule has 1 aromatic carbocycles. The number of nitrogens with zero attached hydrogens (tertiary/aromatic N) is 2. The summed E-state index contributed by atoms with van der Waals surface area (Å²) in [4.78, 5) is 20.0. The van der Waals surface area contributed by atoms with Gasteiger partial charge < -0.3 is 21.1 Å². The highest BCUT2D eigenvalue weighted by Gasteiger charge is 2.23. The molecule has 0 radical (unpaired) electrons. The molecule has 158 valence electrons. The van der Waals surface area contributed by atoms with Crippen LogP contribution in [0.5, 0.6) is 5.75 Å². The SMILES string of the molecule is NCCC1CCCN(c2ccc(O)cc2NC(=O)c2csc(C3=CC=CS3=O)n2)C1. The van der Waals surface area contributed by atoms with Crippen LogP contribution < -0.4 is 16.0 Å². The van der Waals surface area contributed by atoms with Crippen molar-refractivity contribution < 1.29 is 14.1 Å². The number of anilines is 2. The van der Waals surface area contributed by atoms with Gasteiger partial charge in [0.1, 0.15) is 16.5 Å². The minimum absolute atomic E-state index is 0.0844. The molecule has 30 heavy (non-hydrogen) atoms. The molecule has 0 spiro atoms. The summed E-state index contributed by atoms with van der Waals surface area (Å²) in [6.45, 7) is 2.43. The molecule has 1 saturated heterocycles. The average molecular weight is 445 g/mol. The van der Waals surface area contributed by atoms with Crippen LogP contribution in [0.1, 0.15) is 34.8 Å². The van der Waals surface area contributed by atoms with E-state index in [0.717, 1.165) is 38.0 Å². The van der Waals surface area contributed by atoms with Crippen molar-refractivity contribution in [3.63, 3.8) is 0 Å². The van der Waals surface area contributed by atoms with E-state index in [0.29, 0.717) is 28.1 Å². The van der Waals surface area contributed by atoms with Gasteiger partial charge in [0.15, 0.2) is 0 Å². The Morgan fingerprint density at radius 3 is 3.07 bits per heavy atom. The Balaban J connectivity index is 1.53. The fourth-order valence-corrected chi connectivity index (χ4v) is 5.74. The Morgan fingerprint density at radius 1 is 1.43 bits per heavy atom. The summed E-state index contributed by atoms with van der Waals surface area (Å²) in [7, 11) is -1.22. The third-order valence-corrected chi connectivity index (χ3v) is 7.45. The van der Waals surface area contributed by atoms with Crippen molar-refractivity contribution >= 4 is 44.3 Å². The maximum absolute atomic E-state index is 12.8. The van der Waals surface area contributed by atoms with Crippen LogP contribution in [0.4, 0.5) is 11.4 Å². The largest absolute Gasteiger partial charge is 0.508 e. The van der Waals surface area contributed by atoms with Crippen LogP contribution >= 0.6 is 11.3 Å². The molecule has 0 saturated carbocycles. The molecule has 1 amide bonds. The topological polar surface area (TPSA) is 109 Å². The smallest absolute Gasteiger partial charge is 0.275 e. The normalized spacial score (nSPS) is 21.0. The lowest BCUT2D eigenvalue weighted by atomic mass is 9.94. The molecule has 2 aliphatic heterocycles. The number of piperidine rings is 1. The van der Waals surface area contributed by atoms with Gasteiger partial charge in [0, 0.05) is 29.9 Å². The van der Waals surface area contributed by atoms with Crippen LogP contribution in [0.3, 0.4) is 0 Å². The number of phenols is 1. The van der Waals surface area contributed by atoms with Crippen molar-refractivity contribution in [3.8, 4) is 5.75 Å². The second-order valence-corrected chi connectivity index (χ2v) is 9.55. The molecule has 0 bridgehead atoms. The molecule has 0 aliphatic carbocycles. The lowest BCUT2D eigenvalue weighted by molar-refractivity contribution is 0.102. The van der Waals surface area contributed by atoms with Crippen molar-refractivity contribution in [2.24, 2.45) is 11.7 Å². The van der Waals surface area contributed by atoms with Crippen molar-refractivity contribution in [1.29, 1.82) is 0 Å². The van der Waals surface area contributed by atoms with E-state index in [4.69, 9.17) is 5.73 Å². The predicted molar refractivity (Wildman–Crippen MR) is 122 cm³/mol. The van der Waals surface area contributed by atoms with E-state index in [1.165, 1.54) is 11.3 Å². The number of aromatic nitrogens is 1. The number of carbonyl (C=O) groups is 1.